The molecule has 4 rings (SSSR count). The number of nitrogens with two attached hydrogens (primary N) is 1. The number of carbonyl (C=O) groups is 2. The molecule has 0 bridgehead atoms. The van der Waals surface area contributed by atoms with Gasteiger partial charge in [0.25, 0.3) is 0 Å². The van der Waals surface area contributed by atoms with Gasteiger partial charge in [-0.05, 0) is 77.2 Å². The molecule has 264 valence electrons. The normalized spacial score (nSPS) is 19.2. The summed E-state index contributed by atoms with van der Waals surface area (Å²) in [4.78, 5) is 35.7. The average molecular weight is 677 g/mol. The standard InChI is InChI=1S/C34H57N6O6P/c1-10-33(11-2)16-24(17-33)45-29(41)31(6,7)38-47(43,39-32(8,9)30(42)46-25-18-34(12-3,13-4)19-25)22-44-23(5)20-40-21-37-27-26(35)14-15-36-28(27)40/h14-15,21,23-25H,10-13,16-20,22H2,1-9H3,(H2,35,36)(H2,38,39,43)/t23-/m1/s1. The van der Waals surface area contributed by atoms with Gasteiger partial charge in [0.1, 0.15) is 35.2 Å². The smallest absolute Gasteiger partial charge is 0.326 e. The number of ether oxygens (including phenoxy) is 3. The van der Waals surface area contributed by atoms with Crippen LogP contribution < -0.4 is 15.9 Å². The van der Waals surface area contributed by atoms with Crippen molar-refractivity contribution in [1.29, 1.82) is 0 Å². The maximum absolute atomic E-state index is 14.7. The number of nitrogen functional groups attached to an aromatic ring is 1. The van der Waals surface area contributed by atoms with Gasteiger partial charge in [-0.1, -0.05) is 53.4 Å². The van der Waals surface area contributed by atoms with Gasteiger partial charge in [-0.2, -0.15) is 0 Å². The average Bonchev–Trinajstić information content (AvgIpc) is 3.38. The van der Waals surface area contributed by atoms with Crippen LogP contribution in [0.25, 0.3) is 11.2 Å². The lowest BCUT2D eigenvalue weighted by molar-refractivity contribution is -0.168. The van der Waals surface area contributed by atoms with E-state index in [-0.39, 0.29) is 29.4 Å². The molecule has 4 N–H and O–H groups in total. The minimum absolute atomic E-state index is 0.174. The molecular formula is C34H57N6O6P. The highest BCUT2D eigenvalue weighted by molar-refractivity contribution is 7.59. The van der Waals surface area contributed by atoms with Gasteiger partial charge < -0.3 is 24.5 Å². The molecule has 0 radical (unpaired) electrons. The lowest BCUT2D eigenvalue weighted by atomic mass is 9.63. The number of nitrogens with zero attached hydrogens (tertiary/aromatic N) is 3. The van der Waals surface area contributed by atoms with E-state index in [0.29, 0.717) is 23.4 Å². The predicted molar refractivity (Wildman–Crippen MR) is 184 cm³/mol. The van der Waals surface area contributed by atoms with E-state index in [4.69, 9.17) is 19.9 Å². The Hall–Kier alpha value is -2.53. The topological polar surface area (TPSA) is 160 Å². The highest BCUT2D eigenvalue weighted by Crippen LogP contribution is 2.50. The van der Waals surface area contributed by atoms with E-state index in [0.717, 1.165) is 51.4 Å². The van der Waals surface area contributed by atoms with Gasteiger partial charge in [-0.25, -0.2) is 20.1 Å². The molecule has 2 aliphatic carbocycles. The van der Waals surface area contributed by atoms with Crippen LogP contribution in [0.15, 0.2) is 18.6 Å². The van der Waals surface area contributed by atoms with Crippen LogP contribution in [0.2, 0.25) is 0 Å². The maximum atomic E-state index is 14.7. The fourth-order valence-corrected chi connectivity index (χ4v) is 9.63. The molecule has 0 aliphatic heterocycles. The Kier molecular flexibility index (Phi) is 11.2. The second-order valence-corrected chi connectivity index (χ2v) is 17.3. The summed E-state index contributed by atoms with van der Waals surface area (Å²) < 4.78 is 34.5. The van der Waals surface area contributed by atoms with Gasteiger partial charge in [0.15, 0.2) is 5.65 Å². The minimum Gasteiger partial charge on any atom is -0.461 e. The van der Waals surface area contributed by atoms with Gasteiger partial charge in [-0.3, -0.25) is 14.2 Å². The second-order valence-electron chi connectivity index (χ2n) is 15.1. The van der Waals surface area contributed by atoms with E-state index >= 15 is 0 Å². The molecule has 2 heterocycles. The summed E-state index contributed by atoms with van der Waals surface area (Å²) in [5, 5.41) is 6.07. The number of anilines is 1. The van der Waals surface area contributed by atoms with E-state index in [1.807, 2.05) is 11.5 Å². The Labute approximate surface area is 280 Å². The number of nitrogens with one attached hydrogen (secondary N) is 2. The summed E-state index contributed by atoms with van der Waals surface area (Å²) >= 11 is 0. The maximum Gasteiger partial charge on any atom is 0.326 e. The second kappa shape index (κ2) is 14.1. The monoisotopic (exact) mass is 676 g/mol. The molecular weight excluding hydrogens is 619 g/mol. The molecule has 2 aromatic rings. The van der Waals surface area contributed by atoms with Crippen LogP contribution in [0.3, 0.4) is 0 Å². The molecule has 47 heavy (non-hydrogen) atoms. The van der Waals surface area contributed by atoms with Crippen molar-refractivity contribution in [2.45, 2.75) is 150 Å². The van der Waals surface area contributed by atoms with Crippen molar-refractivity contribution >= 4 is 36.2 Å². The van der Waals surface area contributed by atoms with Crippen molar-refractivity contribution in [3.05, 3.63) is 18.6 Å². The Morgan fingerprint density at radius 2 is 1.40 bits per heavy atom. The van der Waals surface area contributed by atoms with Crippen LogP contribution in [0, 0.1) is 10.8 Å². The van der Waals surface area contributed by atoms with E-state index in [9.17, 15) is 14.2 Å². The van der Waals surface area contributed by atoms with E-state index in [1.54, 1.807) is 46.3 Å². The molecule has 2 saturated carbocycles. The third-order valence-corrected chi connectivity index (χ3v) is 13.0. The highest BCUT2D eigenvalue weighted by Gasteiger charge is 2.49. The first kappa shape index (κ1) is 37.3. The molecule has 13 heteroatoms. The van der Waals surface area contributed by atoms with Crippen LogP contribution in [0.5, 0.6) is 0 Å². The fourth-order valence-electron chi connectivity index (χ4n) is 7.00. The number of hydrogen-bond donors (Lipinski definition) is 3. The van der Waals surface area contributed by atoms with Crippen LogP contribution in [-0.2, 0) is 34.9 Å². The van der Waals surface area contributed by atoms with Crippen molar-refractivity contribution in [3.63, 3.8) is 0 Å². The summed E-state index contributed by atoms with van der Waals surface area (Å²) in [7, 11) is -3.80. The van der Waals surface area contributed by atoms with Crippen molar-refractivity contribution in [2.24, 2.45) is 10.8 Å². The van der Waals surface area contributed by atoms with Crippen LogP contribution in [-0.4, -0.2) is 62.2 Å². The summed E-state index contributed by atoms with van der Waals surface area (Å²) in [5.74, 6) is -1.01. The van der Waals surface area contributed by atoms with E-state index in [1.165, 1.54) is 0 Å². The molecule has 12 nitrogen and oxygen atoms in total. The number of rotatable bonds is 17. The van der Waals surface area contributed by atoms with Gasteiger partial charge in [0.2, 0.25) is 7.44 Å². The lowest BCUT2D eigenvalue weighted by Crippen LogP contribution is -2.56. The number of aromatic nitrogens is 3. The van der Waals surface area contributed by atoms with Crippen molar-refractivity contribution < 1.29 is 28.4 Å². The van der Waals surface area contributed by atoms with Crippen LogP contribution >= 0.6 is 7.44 Å². The molecule has 0 amide bonds. The molecule has 0 aromatic carbocycles. The molecule has 2 fully saturated rings. The van der Waals surface area contributed by atoms with Gasteiger partial charge in [0, 0.05) is 6.20 Å². The van der Waals surface area contributed by atoms with E-state index in [2.05, 4.69) is 47.8 Å². The van der Waals surface area contributed by atoms with Crippen molar-refractivity contribution in [1.82, 2.24) is 24.7 Å². The van der Waals surface area contributed by atoms with E-state index < -0.39 is 36.6 Å². The molecule has 0 spiro atoms. The third-order valence-electron chi connectivity index (χ3n) is 10.7. The number of esters is 2. The van der Waals surface area contributed by atoms with Crippen LogP contribution in [0.4, 0.5) is 5.69 Å². The van der Waals surface area contributed by atoms with Gasteiger partial charge in [0.05, 0.1) is 24.7 Å². The third kappa shape index (κ3) is 8.38. The number of carbonyl (C=O) groups excluding carboxylic acids is 2. The van der Waals surface area contributed by atoms with Crippen LogP contribution in [0.1, 0.15) is 114 Å². The number of fused-ring (bicyclic) bond motifs is 1. The van der Waals surface area contributed by atoms with Gasteiger partial charge >= 0.3 is 11.9 Å². The lowest BCUT2D eigenvalue weighted by Gasteiger charge is -2.47. The largest absolute Gasteiger partial charge is 0.461 e. The zero-order valence-electron chi connectivity index (χ0n) is 29.9. The molecule has 2 aliphatic rings. The molecule has 1 atom stereocenters. The summed E-state index contributed by atoms with van der Waals surface area (Å²) in [6.07, 6.45) is 9.60. The predicted octanol–water partition coefficient (Wildman–Crippen LogP) is 6.33. The number of imidazole rings is 1. The fraction of sp³-hybridized carbons (Fsp3) is 0.765. The molecule has 0 saturated heterocycles. The highest BCUT2D eigenvalue weighted by atomic mass is 31.2. The molecule has 0 unspecified atom stereocenters. The summed E-state index contributed by atoms with van der Waals surface area (Å²) in [6.45, 7) is 17.4. The van der Waals surface area contributed by atoms with Crippen molar-refractivity contribution in [2.75, 3.05) is 12.1 Å². The Morgan fingerprint density at radius 1 is 0.936 bits per heavy atom. The van der Waals surface area contributed by atoms with Crippen molar-refractivity contribution in [3.8, 4) is 0 Å². The minimum atomic E-state index is -3.80. The first-order chi connectivity index (χ1) is 21.9. The molecule has 2 aromatic heterocycles. The summed E-state index contributed by atoms with van der Waals surface area (Å²) in [6, 6.07) is 1.69. The van der Waals surface area contributed by atoms with Gasteiger partial charge in [-0.15, -0.1) is 0 Å². The Bertz CT molecular complexity index is 1390. The number of hydrogen-bond acceptors (Lipinski definition) is 9. The SMILES string of the molecule is CCC1(CC)CC(OC(=O)C(C)(C)NP(=O)(CO[C@H](C)Cn2cnc3c(N)ccnc32)NC(C)(C)C(=O)OC2CC(CC)(CC)C2)C1. The number of pyridine rings is 1. The zero-order valence-corrected chi connectivity index (χ0v) is 30.7. The first-order valence-corrected chi connectivity index (χ1v) is 19.1. The quantitative estimate of drug-likeness (QED) is 0.127. The first-order valence-electron chi connectivity index (χ1n) is 17.2. The Balaban J connectivity index is 1.46. The zero-order chi connectivity index (χ0) is 34.8. The summed E-state index contributed by atoms with van der Waals surface area (Å²) in [5.41, 5.74) is 5.52. The Morgan fingerprint density at radius 3 is 1.85 bits per heavy atom.